The van der Waals surface area contributed by atoms with E-state index in [0.29, 0.717) is 35.7 Å². The van der Waals surface area contributed by atoms with Gasteiger partial charge in [0.05, 0.1) is 0 Å². The summed E-state index contributed by atoms with van der Waals surface area (Å²) in [5.74, 6) is 0.560. The fourth-order valence-electron chi connectivity index (χ4n) is 2.86. The van der Waals surface area contributed by atoms with Crippen LogP contribution in [0.25, 0.3) is 0 Å². The lowest BCUT2D eigenvalue weighted by molar-refractivity contribution is -0.121. The average Bonchev–Trinajstić information content (AvgIpc) is 3.11. The molecule has 1 aliphatic heterocycles. The summed E-state index contributed by atoms with van der Waals surface area (Å²) >= 11 is 0. The molecule has 27 heavy (non-hydrogen) atoms. The molecule has 0 atom stereocenters. The number of carbonyl (C=O) groups excluding carboxylic acids is 2. The van der Waals surface area contributed by atoms with Crippen LogP contribution in [0.2, 0.25) is 0 Å². The van der Waals surface area contributed by atoms with Crippen LogP contribution in [0.15, 0.2) is 42.5 Å². The second-order valence-corrected chi connectivity index (χ2v) is 6.15. The van der Waals surface area contributed by atoms with E-state index in [2.05, 4.69) is 5.32 Å². The molecular formula is C20H21FN2O4. The van der Waals surface area contributed by atoms with E-state index >= 15 is 0 Å². The summed E-state index contributed by atoms with van der Waals surface area (Å²) in [6.07, 6.45) is 0.558. The minimum absolute atomic E-state index is 0.144. The smallest absolute Gasteiger partial charge is 0.231 e. The monoisotopic (exact) mass is 372 g/mol. The van der Waals surface area contributed by atoms with Crippen LogP contribution in [0.1, 0.15) is 18.9 Å². The average molecular weight is 372 g/mol. The van der Waals surface area contributed by atoms with Gasteiger partial charge in [-0.3, -0.25) is 9.59 Å². The maximum absolute atomic E-state index is 13.6. The summed E-state index contributed by atoms with van der Waals surface area (Å²) in [6.45, 7) is 2.17. The van der Waals surface area contributed by atoms with Crippen molar-refractivity contribution in [3.8, 4) is 11.5 Å². The molecule has 0 saturated heterocycles. The molecule has 1 N–H and O–H groups in total. The van der Waals surface area contributed by atoms with Crippen LogP contribution in [0, 0.1) is 5.82 Å². The molecule has 1 heterocycles. The molecule has 0 bridgehead atoms. The Hall–Kier alpha value is -3.09. The Labute approximate surface area is 156 Å². The van der Waals surface area contributed by atoms with Crippen LogP contribution in [0.4, 0.5) is 10.1 Å². The van der Waals surface area contributed by atoms with Gasteiger partial charge < -0.3 is 19.7 Å². The zero-order valence-electron chi connectivity index (χ0n) is 15.0. The van der Waals surface area contributed by atoms with Gasteiger partial charge in [0.1, 0.15) is 5.82 Å². The number of halogens is 1. The molecule has 0 radical (unpaired) electrons. The lowest BCUT2D eigenvalue weighted by atomic mass is 10.1. The Morgan fingerprint density at radius 3 is 2.70 bits per heavy atom. The van der Waals surface area contributed by atoms with Crippen LogP contribution in [0.5, 0.6) is 11.5 Å². The lowest BCUT2D eigenvalue weighted by Gasteiger charge is -2.21. The van der Waals surface area contributed by atoms with Crippen molar-refractivity contribution in [1.29, 1.82) is 0 Å². The van der Waals surface area contributed by atoms with Gasteiger partial charge in [-0.05, 0) is 30.2 Å². The van der Waals surface area contributed by atoms with Gasteiger partial charge in [-0.25, -0.2) is 4.39 Å². The summed E-state index contributed by atoms with van der Waals surface area (Å²) in [4.78, 5) is 25.6. The van der Waals surface area contributed by atoms with E-state index in [4.69, 9.17) is 9.47 Å². The van der Waals surface area contributed by atoms with Crippen molar-refractivity contribution in [2.24, 2.45) is 0 Å². The number of hydrogen-bond donors (Lipinski definition) is 1. The number of anilines is 1. The van der Waals surface area contributed by atoms with Crippen molar-refractivity contribution in [3.63, 3.8) is 0 Å². The van der Waals surface area contributed by atoms with Crippen molar-refractivity contribution in [1.82, 2.24) is 5.32 Å². The fourth-order valence-corrected chi connectivity index (χ4v) is 2.86. The number of nitrogens with zero attached hydrogens (tertiary/aromatic N) is 1. The van der Waals surface area contributed by atoms with Gasteiger partial charge in [0.25, 0.3) is 0 Å². The first-order valence-corrected chi connectivity index (χ1v) is 8.72. The molecule has 3 rings (SSSR count). The quantitative estimate of drug-likeness (QED) is 0.811. The molecule has 0 spiro atoms. The van der Waals surface area contributed by atoms with Gasteiger partial charge in [0.15, 0.2) is 11.5 Å². The molecule has 0 aliphatic carbocycles. The summed E-state index contributed by atoms with van der Waals surface area (Å²) in [7, 11) is 0. The number of nitrogens with one attached hydrogen (secondary N) is 1. The highest BCUT2D eigenvalue weighted by molar-refractivity contribution is 5.92. The van der Waals surface area contributed by atoms with Crippen molar-refractivity contribution in [3.05, 3.63) is 53.8 Å². The minimum Gasteiger partial charge on any atom is -0.454 e. The number of benzene rings is 2. The van der Waals surface area contributed by atoms with Gasteiger partial charge in [0, 0.05) is 38.2 Å². The predicted octanol–water partition coefficient (Wildman–Crippen LogP) is 2.66. The van der Waals surface area contributed by atoms with Gasteiger partial charge in [0.2, 0.25) is 18.6 Å². The summed E-state index contributed by atoms with van der Waals surface area (Å²) < 4.78 is 24.2. The first-order valence-electron chi connectivity index (χ1n) is 8.72. The molecule has 0 unspecified atom stereocenters. The van der Waals surface area contributed by atoms with E-state index < -0.39 is 0 Å². The standard InChI is InChI=1S/C20H21FN2O4/c1-14(24)23(16-6-7-18-19(12-16)27-13-26-18)11-9-20(25)22-10-8-15-4-2-3-5-17(15)21/h2-7,12H,8-11,13H2,1H3,(H,22,25). The summed E-state index contributed by atoms with van der Waals surface area (Å²) in [6, 6.07) is 11.7. The molecule has 2 amide bonds. The minimum atomic E-state index is -0.280. The van der Waals surface area contributed by atoms with E-state index in [-0.39, 0.29) is 37.4 Å². The SMILES string of the molecule is CC(=O)N(CCC(=O)NCCc1ccccc1F)c1ccc2c(c1)OCO2. The molecular weight excluding hydrogens is 351 g/mol. The Balaban J connectivity index is 1.51. The van der Waals surface area contributed by atoms with Gasteiger partial charge >= 0.3 is 0 Å². The second-order valence-electron chi connectivity index (χ2n) is 6.15. The van der Waals surface area contributed by atoms with Crippen LogP contribution < -0.4 is 19.7 Å². The van der Waals surface area contributed by atoms with Crippen LogP contribution >= 0.6 is 0 Å². The Kier molecular flexibility index (Phi) is 5.90. The molecule has 0 fully saturated rings. The highest BCUT2D eigenvalue weighted by Gasteiger charge is 2.18. The molecule has 1 aliphatic rings. The van der Waals surface area contributed by atoms with Gasteiger partial charge in [-0.2, -0.15) is 0 Å². The number of ether oxygens (including phenoxy) is 2. The van der Waals surface area contributed by atoms with Crippen LogP contribution in [-0.2, 0) is 16.0 Å². The van der Waals surface area contributed by atoms with Crippen molar-refractivity contribution < 1.29 is 23.5 Å². The first-order chi connectivity index (χ1) is 13.0. The van der Waals surface area contributed by atoms with Crippen molar-refractivity contribution in [2.45, 2.75) is 19.8 Å². The Bertz CT molecular complexity index is 840. The topological polar surface area (TPSA) is 67.9 Å². The molecule has 0 aromatic heterocycles. The fraction of sp³-hybridized carbons (Fsp3) is 0.300. The molecule has 2 aromatic carbocycles. The molecule has 142 valence electrons. The van der Waals surface area contributed by atoms with Crippen molar-refractivity contribution >= 4 is 17.5 Å². The number of carbonyl (C=O) groups is 2. The van der Waals surface area contributed by atoms with Gasteiger partial charge in [-0.15, -0.1) is 0 Å². The molecule has 6 nitrogen and oxygen atoms in total. The second kappa shape index (κ2) is 8.53. The van der Waals surface area contributed by atoms with E-state index in [1.54, 1.807) is 36.4 Å². The highest BCUT2D eigenvalue weighted by atomic mass is 19.1. The maximum Gasteiger partial charge on any atom is 0.231 e. The maximum atomic E-state index is 13.6. The predicted molar refractivity (Wildman–Crippen MR) is 98.3 cm³/mol. The van der Waals surface area contributed by atoms with Gasteiger partial charge in [-0.1, -0.05) is 18.2 Å². The Morgan fingerprint density at radius 2 is 1.93 bits per heavy atom. The Morgan fingerprint density at radius 1 is 1.15 bits per heavy atom. The first kappa shape index (κ1) is 18.7. The molecule has 2 aromatic rings. The third-order valence-electron chi connectivity index (χ3n) is 4.28. The van der Waals surface area contributed by atoms with Crippen LogP contribution in [0.3, 0.4) is 0 Å². The number of amides is 2. The van der Waals surface area contributed by atoms with Crippen LogP contribution in [-0.4, -0.2) is 31.7 Å². The number of fused-ring (bicyclic) bond motifs is 1. The third kappa shape index (κ3) is 4.75. The lowest BCUT2D eigenvalue weighted by Crippen LogP contribution is -2.34. The van der Waals surface area contributed by atoms with E-state index in [1.807, 2.05) is 0 Å². The van der Waals surface area contributed by atoms with E-state index in [1.165, 1.54) is 17.9 Å². The number of rotatable bonds is 7. The van der Waals surface area contributed by atoms with E-state index in [0.717, 1.165) is 0 Å². The molecule has 0 saturated carbocycles. The number of hydrogen-bond acceptors (Lipinski definition) is 4. The zero-order valence-corrected chi connectivity index (χ0v) is 15.0. The summed E-state index contributed by atoms with van der Waals surface area (Å²) in [5, 5.41) is 2.76. The van der Waals surface area contributed by atoms with Crippen molar-refractivity contribution in [2.75, 3.05) is 24.8 Å². The van der Waals surface area contributed by atoms with E-state index in [9.17, 15) is 14.0 Å². The molecule has 7 heteroatoms. The highest BCUT2D eigenvalue weighted by Crippen LogP contribution is 2.35. The largest absolute Gasteiger partial charge is 0.454 e. The zero-order chi connectivity index (χ0) is 19.2. The normalized spacial score (nSPS) is 11.9. The summed E-state index contributed by atoms with van der Waals surface area (Å²) in [5.41, 5.74) is 1.20. The third-order valence-corrected chi connectivity index (χ3v) is 4.28.